The maximum Gasteiger partial charge on any atom is 0.268 e. The lowest BCUT2D eigenvalue weighted by atomic mass is 10.0. The summed E-state index contributed by atoms with van der Waals surface area (Å²) < 4.78 is 23.4. The predicted molar refractivity (Wildman–Crippen MR) is 270 cm³/mol. The van der Waals surface area contributed by atoms with Gasteiger partial charge in [-0.05, 0) is 12.8 Å². The van der Waals surface area contributed by atoms with Crippen LogP contribution < -0.4 is 10.2 Å². The molecule has 0 aliphatic rings. The van der Waals surface area contributed by atoms with Crippen molar-refractivity contribution in [2.24, 2.45) is 0 Å². The number of hydrogen-bond donors (Lipinski definition) is 2. The van der Waals surface area contributed by atoms with Crippen LogP contribution in [0.25, 0.3) is 0 Å². The highest BCUT2D eigenvalue weighted by Crippen LogP contribution is 2.38. The Kier molecular flexibility index (Phi) is 46.2. The molecule has 0 aromatic heterocycles. The average molecular weight is 915 g/mol. The molecule has 8 nitrogen and oxygen atoms in total. The quantitative estimate of drug-likeness (QED) is 0.0357. The van der Waals surface area contributed by atoms with E-state index in [1.165, 1.54) is 225 Å². The summed E-state index contributed by atoms with van der Waals surface area (Å²) in [7, 11) is 1.32. The van der Waals surface area contributed by atoms with Gasteiger partial charge >= 0.3 is 0 Å². The molecule has 0 heterocycles. The molecule has 0 fully saturated rings. The molecular formula is C54H111N2O6P. The number of phosphoric acid groups is 1. The summed E-state index contributed by atoms with van der Waals surface area (Å²) in [6.07, 6.45) is 54.2. The van der Waals surface area contributed by atoms with Gasteiger partial charge in [0, 0.05) is 6.42 Å². The summed E-state index contributed by atoms with van der Waals surface area (Å²) in [5, 5.41) is 14.0. The second-order valence-electron chi connectivity index (χ2n) is 20.7. The highest BCUT2D eigenvalue weighted by atomic mass is 31.2. The highest BCUT2D eigenvalue weighted by Gasteiger charge is 2.24. The molecule has 0 aliphatic heterocycles. The van der Waals surface area contributed by atoms with E-state index in [4.69, 9.17) is 9.05 Å². The highest BCUT2D eigenvalue weighted by molar-refractivity contribution is 7.45. The van der Waals surface area contributed by atoms with E-state index in [1.807, 2.05) is 21.1 Å². The summed E-state index contributed by atoms with van der Waals surface area (Å²) >= 11 is 0. The third-order valence-electron chi connectivity index (χ3n) is 13.1. The van der Waals surface area contributed by atoms with Gasteiger partial charge in [-0.1, -0.05) is 271 Å². The molecule has 0 radical (unpaired) electrons. The number of carbonyl (C=O) groups excluding carboxylic acids is 1. The van der Waals surface area contributed by atoms with Crippen molar-refractivity contribution < 1.29 is 32.9 Å². The van der Waals surface area contributed by atoms with Crippen LogP contribution in [0, 0.1) is 0 Å². The second-order valence-corrected chi connectivity index (χ2v) is 22.1. The molecule has 3 atom stereocenters. The monoisotopic (exact) mass is 915 g/mol. The Morgan fingerprint density at radius 2 is 0.778 bits per heavy atom. The fourth-order valence-corrected chi connectivity index (χ4v) is 9.41. The Labute approximate surface area is 393 Å². The molecule has 0 saturated carbocycles. The molecule has 0 spiro atoms. The first-order chi connectivity index (χ1) is 30.5. The molecule has 0 aliphatic carbocycles. The Hall–Kier alpha value is -0.500. The molecule has 0 rings (SSSR count). The van der Waals surface area contributed by atoms with Gasteiger partial charge < -0.3 is 28.8 Å². The van der Waals surface area contributed by atoms with Crippen LogP contribution >= 0.6 is 7.82 Å². The smallest absolute Gasteiger partial charge is 0.268 e. The first kappa shape index (κ1) is 62.5. The number of hydrogen-bond acceptors (Lipinski definition) is 6. The molecular weight excluding hydrogens is 804 g/mol. The van der Waals surface area contributed by atoms with E-state index in [0.29, 0.717) is 23.9 Å². The van der Waals surface area contributed by atoms with E-state index >= 15 is 0 Å². The number of quaternary nitrogens is 1. The number of phosphoric ester groups is 1. The lowest BCUT2D eigenvalue weighted by Crippen LogP contribution is -2.46. The number of unbranched alkanes of at least 4 members (excludes halogenated alkanes) is 39. The Morgan fingerprint density at radius 3 is 1.08 bits per heavy atom. The van der Waals surface area contributed by atoms with Gasteiger partial charge in [-0.15, -0.1) is 0 Å². The van der Waals surface area contributed by atoms with Crippen molar-refractivity contribution in [3.63, 3.8) is 0 Å². The maximum atomic E-state index is 12.9. The minimum atomic E-state index is -4.56. The minimum absolute atomic E-state index is 0.0163. The third-order valence-corrected chi connectivity index (χ3v) is 14.1. The first-order valence-corrected chi connectivity index (χ1v) is 29.3. The van der Waals surface area contributed by atoms with E-state index < -0.39 is 20.0 Å². The lowest BCUT2D eigenvalue weighted by Gasteiger charge is -2.30. The standard InChI is InChI=1S/C54H111N2O6P/c1-6-8-10-12-14-16-18-20-21-22-23-24-25-26-27-28-29-30-31-32-33-34-36-38-40-42-44-46-48-54(58)55-52(51-62-63(59,60)61-50-49-56(3,4)5)53(57)47-45-43-41-39-37-35-19-17-15-13-11-9-7-2/h52-53,57H,6-51H2,1-5H3,(H-,55,58,59,60). The summed E-state index contributed by atoms with van der Waals surface area (Å²) in [5.74, 6) is -0.158. The largest absolute Gasteiger partial charge is 0.756 e. The van der Waals surface area contributed by atoms with Crippen LogP contribution in [0.2, 0.25) is 0 Å². The van der Waals surface area contributed by atoms with Gasteiger partial charge in [0.05, 0.1) is 39.9 Å². The van der Waals surface area contributed by atoms with Gasteiger partial charge in [0.15, 0.2) is 0 Å². The molecule has 63 heavy (non-hydrogen) atoms. The van der Waals surface area contributed by atoms with E-state index in [1.54, 1.807) is 0 Å². The van der Waals surface area contributed by atoms with Crippen molar-refractivity contribution in [2.45, 2.75) is 302 Å². The second kappa shape index (κ2) is 46.6. The van der Waals surface area contributed by atoms with E-state index in [0.717, 1.165) is 38.5 Å². The van der Waals surface area contributed by atoms with Crippen LogP contribution in [0.3, 0.4) is 0 Å². The van der Waals surface area contributed by atoms with Crippen LogP contribution in [0.5, 0.6) is 0 Å². The number of aliphatic hydroxyl groups is 1. The minimum Gasteiger partial charge on any atom is -0.756 e. The zero-order valence-corrected chi connectivity index (χ0v) is 44.0. The fraction of sp³-hybridized carbons (Fsp3) is 0.981. The normalized spacial score (nSPS) is 14.0. The van der Waals surface area contributed by atoms with Gasteiger partial charge in [0.25, 0.3) is 7.82 Å². The van der Waals surface area contributed by atoms with E-state index in [-0.39, 0.29) is 19.1 Å². The SMILES string of the molecule is CCCCCCCCCCCCCCCCCCCCCCCCCCCCCCC(=O)NC(COP(=O)([O-])OCC[N+](C)(C)C)C(O)CCCCCCCCCCCCCCC. The molecule has 378 valence electrons. The van der Waals surface area contributed by atoms with E-state index in [9.17, 15) is 19.4 Å². The fourth-order valence-electron chi connectivity index (χ4n) is 8.69. The van der Waals surface area contributed by atoms with Crippen molar-refractivity contribution in [1.82, 2.24) is 5.32 Å². The van der Waals surface area contributed by atoms with Crippen molar-refractivity contribution in [3.8, 4) is 0 Å². The number of nitrogens with one attached hydrogen (secondary N) is 1. The number of amides is 1. The molecule has 0 aromatic rings. The van der Waals surface area contributed by atoms with Crippen molar-refractivity contribution in [3.05, 3.63) is 0 Å². The van der Waals surface area contributed by atoms with Crippen LogP contribution in [-0.4, -0.2) is 68.5 Å². The summed E-state index contributed by atoms with van der Waals surface area (Å²) in [6.45, 7) is 4.76. The first-order valence-electron chi connectivity index (χ1n) is 27.9. The topological polar surface area (TPSA) is 108 Å². The molecule has 0 bridgehead atoms. The van der Waals surface area contributed by atoms with Gasteiger partial charge in [-0.25, -0.2) is 0 Å². The number of rotatable bonds is 52. The molecule has 0 aromatic carbocycles. The number of likely N-dealkylation sites (N-methyl/N-ethyl adjacent to an activating group) is 1. The van der Waals surface area contributed by atoms with Crippen LogP contribution in [-0.2, 0) is 18.4 Å². The van der Waals surface area contributed by atoms with Crippen LogP contribution in [0.4, 0.5) is 0 Å². The number of carbonyl (C=O) groups is 1. The zero-order valence-electron chi connectivity index (χ0n) is 43.1. The molecule has 9 heteroatoms. The number of aliphatic hydroxyl groups excluding tert-OH is 1. The Morgan fingerprint density at radius 1 is 0.492 bits per heavy atom. The van der Waals surface area contributed by atoms with Crippen molar-refractivity contribution in [2.75, 3.05) is 40.9 Å². The predicted octanol–water partition coefficient (Wildman–Crippen LogP) is 15.9. The van der Waals surface area contributed by atoms with Gasteiger partial charge in [-0.3, -0.25) is 9.36 Å². The van der Waals surface area contributed by atoms with Crippen LogP contribution in [0.1, 0.15) is 290 Å². The third kappa shape index (κ3) is 49.2. The molecule has 1 amide bonds. The van der Waals surface area contributed by atoms with Gasteiger partial charge in [0.1, 0.15) is 13.2 Å². The van der Waals surface area contributed by atoms with Crippen LogP contribution in [0.15, 0.2) is 0 Å². The van der Waals surface area contributed by atoms with E-state index in [2.05, 4.69) is 19.2 Å². The maximum absolute atomic E-state index is 12.9. The zero-order chi connectivity index (χ0) is 46.4. The summed E-state index contributed by atoms with van der Waals surface area (Å²) in [6, 6.07) is -0.794. The number of nitrogens with zero attached hydrogens (tertiary/aromatic N) is 1. The lowest BCUT2D eigenvalue weighted by molar-refractivity contribution is -0.870. The summed E-state index contributed by atoms with van der Waals surface area (Å²) in [4.78, 5) is 25.4. The average Bonchev–Trinajstić information content (AvgIpc) is 3.24. The van der Waals surface area contributed by atoms with Crippen molar-refractivity contribution in [1.29, 1.82) is 0 Å². The summed E-state index contributed by atoms with van der Waals surface area (Å²) in [5.41, 5.74) is 0. The Balaban J connectivity index is 4.02. The van der Waals surface area contributed by atoms with Crippen molar-refractivity contribution >= 4 is 13.7 Å². The van der Waals surface area contributed by atoms with Gasteiger partial charge in [0.2, 0.25) is 5.91 Å². The molecule has 2 N–H and O–H groups in total. The van der Waals surface area contributed by atoms with Gasteiger partial charge in [-0.2, -0.15) is 0 Å². The Bertz CT molecular complexity index is 994. The molecule has 0 saturated heterocycles. The molecule has 3 unspecified atom stereocenters.